The molecule has 0 saturated heterocycles. The lowest BCUT2D eigenvalue weighted by Gasteiger charge is -2.15. The number of thioether (sulfide) groups is 1. The maximum Gasteiger partial charge on any atom is 0.221 e. The molecule has 0 spiro atoms. The predicted molar refractivity (Wildman–Crippen MR) is 96.1 cm³/mol. The maximum absolute atomic E-state index is 11.9. The molecule has 1 atom stereocenters. The van der Waals surface area contributed by atoms with Crippen molar-refractivity contribution in [3.8, 4) is 5.75 Å². The molecular formula is C19H23NO2S. The minimum atomic E-state index is -0.00877. The lowest BCUT2D eigenvalue weighted by atomic mass is 10.2. The van der Waals surface area contributed by atoms with E-state index in [4.69, 9.17) is 4.74 Å². The fourth-order valence-corrected chi connectivity index (χ4v) is 2.90. The van der Waals surface area contributed by atoms with E-state index in [1.165, 1.54) is 10.5 Å². The minimum Gasteiger partial charge on any atom is -0.491 e. The zero-order valence-electron chi connectivity index (χ0n) is 13.6. The molecule has 4 heteroatoms. The Labute approximate surface area is 142 Å². The summed E-state index contributed by atoms with van der Waals surface area (Å²) in [4.78, 5) is 13.1. The van der Waals surface area contributed by atoms with Gasteiger partial charge in [0.1, 0.15) is 12.4 Å². The number of rotatable bonds is 8. The highest BCUT2D eigenvalue weighted by Crippen LogP contribution is 2.17. The average molecular weight is 329 g/mol. The van der Waals surface area contributed by atoms with Crippen molar-refractivity contribution in [2.24, 2.45) is 0 Å². The fraction of sp³-hybridized carbons (Fsp3) is 0.316. The van der Waals surface area contributed by atoms with Crippen LogP contribution in [0.2, 0.25) is 0 Å². The molecule has 0 aliphatic carbocycles. The third kappa shape index (κ3) is 6.78. The molecule has 2 rings (SSSR count). The van der Waals surface area contributed by atoms with Gasteiger partial charge in [0, 0.05) is 17.1 Å². The van der Waals surface area contributed by atoms with Crippen LogP contribution in [0.3, 0.4) is 0 Å². The van der Waals surface area contributed by atoms with Gasteiger partial charge in [-0.05, 0) is 38.1 Å². The van der Waals surface area contributed by atoms with E-state index in [0.29, 0.717) is 13.0 Å². The van der Waals surface area contributed by atoms with Crippen LogP contribution in [0.25, 0.3) is 0 Å². The predicted octanol–water partition coefficient (Wildman–Crippen LogP) is 4.06. The van der Waals surface area contributed by atoms with E-state index in [2.05, 4.69) is 17.4 Å². The van der Waals surface area contributed by atoms with Crippen LogP contribution < -0.4 is 10.1 Å². The topological polar surface area (TPSA) is 38.3 Å². The highest BCUT2D eigenvalue weighted by Gasteiger charge is 2.08. The molecule has 2 aromatic carbocycles. The summed E-state index contributed by atoms with van der Waals surface area (Å²) in [7, 11) is 0. The monoisotopic (exact) mass is 329 g/mol. The first-order chi connectivity index (χ1) is 11.1. The Morgan fingerprint density at radius 1 is 1.13 bits per heavy atom. The molecule has 1 amide bonds. The van der Waals surface area contributed by atoms with Gasteiger partial charge < -0.3 is 10.1 Å². The second-order valence-corrected chi connectivity index (χ2v) is 6.67. The first-order valence-electron chi connectivity index (χ1n) is 7.80. The molecular weight excluding hydrogens is 306 g/mol. The Kier molecular flexibility index (Phi) is 7.01. The molecule has 0 aromatic heterocycles. The van der Waals surface area contributed by atoms with Gasteiger partial charge in [-0.1, -0.05) is 35.9 Å². The summed E-state index contributed by atoms with van der Waals surface area (Å²) in [5.41, 5.74) is 1.20. The molecule has 2 aromatic rings. The zero-order valence-corrected chi connectivity index (χ0v) is 14.4. The number of ether oxygens (including phenoxy) is 1. The molecule has 0 heterocycles. The van der Waals surface area contributed by atoms with Gasteiger partial charge in [-0.2, -0.15) is 0 Å². The zero-order chi connectivity index (χ0) is 16.5. The number of amides is 1. The first kappa shape index (κ1) is 17.4. The molecule has 0 radical (unpaired) electrons. The van der Waals surface area contributed by atoms with Crippen molar-refractivity contribution in [3.63, 3.8) is 0 Å². The van der Waals surface area contributed by atoms with E-state index in [9.17, 15) is 4.79 Å². The molecule has 122 valence electrons. The van der Waals surface area contributed by atoms with E-state index >= 15 is 0 Å². The molecule has 0 bridgehead atoms. The summed E-state index contributed by atoms with van der Waals surface area (Å²) in [6.07, 6.45) is 0.508. The normalized spacial score (nSPS) is 11.7. The average Bonchev–Trinajstić information content (AvgIpc) is 2.55. The number of nitrogens with one attached hydrogen (secondary N) is 1. The van der Waals surface area contributed by atoms with Gasteiger partial charge in [0.05, 0.1) is 6.04 Å². The third-order valence-corrected chi connectivity index (χ3v) is 4.28. The summed E-state index contributed by atoms with van der Waals surface area (Å²) in [6, 6.07) is 18.0. The van der Waals surface area contributed by atoms with Crippen LogP contribution in [-0.4, -0.2) is 24.3 Å². The van der Waals surface area contributed by atoms with Crippen molar-refractivity contribution >= 4 is 17.7 Å². The van der Waals surface area contributed by atoms with Gasteiger partial charge in [-0.15, -0.1) is 11.8 Å². The Balaban J connectivity index is 1.63. The molecule has 23 heavy (non-hydrogen) atoms. The van der Waals surface area contributed by atoms with Crippen LogP contribution in [0, 0.1) is 6.92 Å². The summed E-state index contributed by atoms with van der Waals surface area (Å²) in [5.74, 6) is 1.67. The van der Waals surface area contributed by atoms with Crippen LogP contribution in [-0.2, 0) is 4.79 Å². The molecule has 1 unspecified atom stereocenters. The quantitative estimate of drug-likeness (QED) is 0.742. The summed E-state index contributed by atoms with van der Waals surface area (Å²) >= 11 is 1.70. The van der Waals surface area contributed by atoms with Gasteiger partial charge in [-0.25, -0.2) is 0 Å². The van der Waals surface area contributed by atoms with Crippen LogP contribution in [0.1, 0.15) is 18.9 Å². The third-order valence-electron chi connectivity index (χ3n) is 3.27. The number of carbonyl (C=O) groups is 1. The van der Waals surface area contributed by atoms with E-state index in [-0.39, 0.29) is 11.9 Å². The minimum absolute atomic E-state index is 0.00877. The Hall–Kier alpha value is -1.94. The molecule has 3 nitrogen and oxygen atoms in total. The largest absolute Gasteiger partial charge is 0.491 e. The van der Waals surface area contributed by atoms with E-state index in [0.717, 1.165) is 11.5 Å². The fourth-order valence-electron chi connectivity index (χ4n) is 2.02. The highest BCUT2D eigenvalue weighted by atomic mass is 32.2. The van der Waals surface area contributed by atoms with E-state index in [1.54, 1.807) is 11.8 Å². The van der Waals surface area contributed by atoms with Crippen LogP contribution >= 0.6 is 11.8 Å². The lowest BCUT2D eigenvalue weighted by molar-refractivity contribution is -0.121. The Morgan fingerprint density at radius 2 is 1.83 bits per heavy atom. The van der Waals surface area contributed by atoms with E-state index < -0.39 is 0 Å². The standard InChI is InChI=1S/C19H23NO2S/c1-15-8-10-17(11-9-15)22-14-16(2)20-19(21)12-13-23-18-6-4-3-5-7-18/h3-11,16H,12-14H2,1-2H3,(H,20,21). The molecule has 0 fully saturated rings. The number of aryl methyl sites for hydroxylation is 1. The molecule has 0 aliphatic heterocycles. The SMILES string of the molecule is Cc1ccc(OCC(C)NC(=O)CCSc2ccccc2)cc1. The van der Waals surface area contributed by atoms with Crippen molar-refractivity contribution in [1.82, 2.24) is 5.32 Å². The van der Waals surface area contributed by atoms with Gasteiger partial charge in [-0.3, -0.25) is 4.79 Å². The van der Waals surface area contributed by atoms with Crippen LogP contribution in [0.4, 0.5) is 0 Å². The summed E-state index contributed by atoms with van der Waals surface area (Å²) in [6.45, 7) is 4.47. The Morgan fingerprint density at radius 3 is 2.52 bits per heavy atom. The second-order valence-electron chi connectivity index (χ2n) is 5.50. The molecule has 0 saturated carbocycles. The van der Waals surface area contributed by atoms with Crippen molar-refractivity contribution in [1.29, 1.82) is 0 Å². The van der Waals surface area contributed by atoms with Crippen molar-refractivity contribution < 1.29 is 9.53 Å². The first-order valence-corrected chi connectivity index (χ1v) is 8.79. The lowest BCUT2D eigenvalue weighted by Crippen LogP contribution is -2.36. The van der Waals surface area contributed by atoms with Gasteiger partial charge in [0.15, 0.2) is 0 Å². The maximum atomic E-state index is 11.9. The van der Waals surface area contributed by atoms with Crippen LogP contribution in [0.15, 0.2) is 59.5 Å². The van der Waals surface area contributed by atoms with Gasteiger partial charge in [0.2, 0.25) is 5.91 Å². The number of benzene rings is 2. The number of hydrogen-bond donors (Lipinski definition) is 1. The molecule has 0 aliphatic rings. The highest BCUT2D eigenvalue weighted by molar-refractivity contribution is 7.99. The van der Waals surface area contributed by atoms with Gasteiger partial charge >= 0.3 is 0 Å². The number of hydrogen-bond acceptors (Lipinski definition) is 3. The smallest absolute Gasteiger partial charge is 0.221 e. The van der Waals surface area contributed by atoms with E-state index in [1.807, 2.05) is 56.3 Å². The molecule has 1 N–H and O–H groups in total. The van der Waals surface area contributed by atoms with Crippen molar-refractivity contribution in [3.05, 3.63) is 60.2 Å². The van der Waals surface area contributed by atoms with Crippen LogP contribution in [0.5, 0.6) is 5.75 Å². The number of carbonyl (C=O) groups excluding carboxylic acids is 1. The second kappa shape index (κ2) is 9.26. The van der Waals surface area contributed by atoms with Crippen molar-refractivity contribution in [2.45, 2.75) is 31.2 Å². The Bertz CT molecular complexity index is 599. The van der Waals surface area contributed by atoms with Gasteiger partial charge in [0.25, 0.3) is 0 Å². The summed E-state index contributed by atoms with van der Waals surface area (Å²) in [5, 5.41) is 2.97. The van der Waals surface area contributed by atoms with Crippen molar-refractivity contribution in [2.75, 3.05) is 12.4 Å². The summed E-state index contributed by atoms with van der Waals surface area (Å²) < 4.78 is 5.68.